The van der Waals surface area contributed by atoms with E-state index in [0.29, 0.717) is 10.8 Å². The lowest BCUT2D eigenvalue weighted by Crippen LogP contribution is -2.15. The van der Waals surface area contributed by atoms with Gasteiger partial charge in [0.2, 0.25) is 5.91 Å². The van der Waals surface area contributed by atoms with Gasteiger partial charge in [-0.3, -0.25) is 14.9 Å². The minimum atomic E-state index is -0.675. The molecule has 0 aliphatic rings. The lowest BCUT2D eigenvalue weighted by molar-refractivity contribution is -0.114. The fraction of sp³-hybridized carbons (Fsp3) is 0.105. The number of thiazole rings is 1. The van der Waals surface area contributed by atoms with Crippen LogP contribution in [0.1, 0.15) is 17.3 Å². The second-order valence-corrected chi connectivity index (χ2v) is 7.33. The molecule has 0 bridgehead atoms. The molecule has 138 valence electrons. The van der Waals surface area contributed by atoms with Gasteiger partial charge in [-0.15, -0.1) is 23.1 Å². The van der Waals surface area contributed by atoms with E-state index in [1.807, 2.05) is 35.9 Å². The van der Waals surface area contributed by atoms with Crippen molar-refractivity contribution in [1.29, 1.82) is 0 Å². The molecule has 5 nitrogen and oxygen atoms in total. The summed E-state index contributed by atoms with van der Waals surface area (Å²) in [5, 5.41) is 7.33. The third-order valence-corrected chi connectivity index (χ3v) is 5.14. The smallest absolute Gasteiger partial charge is 0.260 e. The second kappa shape index (κ2) is 8.32. The summed E-state index contributed by atoms with van der Waals surface area (Å²) in [6.07, 6.45) is 2.01. The highest BCUT2D eigenvalue weighted by molar-refractivity contribution is 7.98. The Morgan fingerprint density at radius 1 is 1.11 bits per heavy atom. The van der Waals surface area contributed by atoms with E-state index in [1.165, 1.54) is 30.4 Å². The van der Waals surface area contributed by atoms with E-state index in [-0.39, 0.29) is 11.5 Å². The van der Waals surface area contributed by atoms with E-state index in [9.17, 15) is 14.0 Å². The van der Waals surface area contributed by atoms with E-state index in [2.05, 4.69) is 15.6 Å². The second-order valence-electron chi connectivity index (χ2n) is 5.60. The van der Waals surface area contributed by atoms with Crippen molar-refractivity contribution in [2.45, 2.75) is 11.8 Å². The number of nitrogens with zero attached hydrogens (tertiary/aromatic N) is 1. The molecule has 0 saturated heterocycles. The van der Waals surface area contributed by atoms with Gasteiger partial charge < -0.3 is 5.32 Å². The first-order chi connectivity index (χ1) is 13.0. The molecule has 8 heteroatoms. The van der Waals surface area contributed by atoms with Crippen molar-refractivity contribution in [1.82, 2.24) is 4.98 Å². The first-order valence-corrected chi connectivity index (χ1v) is 10.0. The fourth-order valence-corrected chi connectivity index (χ4v) is 3.49. The Hall–Kier alpha value is -2.71. The van der Waals surface area contributed by atoms with Crippen LogP contribution in [0.25, 0.3) is 11.3 Å². The molecule has 3 rings (SSSR count). The van der Waals surface area contributed by atoms with Crippen LogP contribution in [-0.4, -0.2) is 23.1 Å². The van der Waals surface area contributed by atoms with Crippen LogP contribution >= 0.6 is 23.1 Å². The predicted octanol–water partition coefficient (Wildman–Crippen LogP) is 4.88. The molecule has 1 aromatic heterocycles. The van der Waals surface area contributed by atoms with Gasteiger partial charge in [-0.2, -0.15) is 0 Å². The van der Waals surface area contributed by atoms with Gasteiger partial charge in [0.1, 0.15) is 5.82 Å². The molecule has 0 unspecified atom stereocenters. The zero-order valence-electron chi connectivity index (χ0n) is 14.6. The number of halogens is 1. The van der Waals surface area contributed by atoms with Gasteiger partial charge in [0.25, 0.3) is 5.91 Å². The van der Waals surface area contributed by atoms with Crippen LogP contribution in [0.15, 0.2) is 52.7 Å². The van der Waals surface area contributed by atoms with E-state index >= 15 is 0 Å². The third-order valence-electron chi connectivity index (χ3n) is 3.64. The normalized spacial score (nSPS) is 10.5. The molecule has 2 N–H and O–H groups in total. The highest BCUT2D eigenvalue weighted by Gasteiger charge is 2.15. The van der Waals surface area contributed by atoms with Crippen LogP contribution in [0.3, 0.4) is 0 Å². The van der Waals surface area contributed by atoms with Gasteiger partial charge in [-0.25, -0.2) is 9.37 Å². The highest BCUT2D eigenvalue weighted by atomic mass is 32.2. The average molecular weight is 401 g/mol. The molecule has 0 atom stereocenters. The number of amides is 2. The maximum Gasteiger partial charge on any atom is 0.260 e. The van der Waals surface area contributed by atoms with Crippen molar-refractivity contribution in [3.05, 3.63) is 59.2 Å². The maximum absolute atomic E-state index is 14.0. The van der Waals surface area contributed by atoms with Crippen molar-refractivity contribution in [3.63, 3.8) is 0 Å². The van der Waals surface area contributed by atoms with Gasteiger partial charge in [-0.1, -0.05) is 12.1 Å². The summed E-state index contributed by atoms with van der Waals surface area (Å²) in [4.78, 5) is 29.1. The molecule has 2 amide bonds. The Morgan fingerprint density at radius 3 is 2.52 bits per heavy atom. The summed E-state index contributed by atoms with van der Waals surface area (Å²) in [7, 11) is 0. The quantitative estimate of drug-likeness (QED) is 0.598. The number of aromatic nitrogens is 1. The van der Waals surface area contributed by atoms with Crippen molar-refractivity contribution in [2.75, 3.05) is 16.9 Å². The Morgan fingerprint density at radius 2 is 1.85 bits per heavy atom. The molecule has 0 aliphatic carbocycles. The Labute approximate surface area is 164 Å². The van der Waals surface area contributed by atoms with Crippen molar-refractivity contribution >= 4 is 45.7 Å². The molecular weight excluding hydrogens is 385 g/mol. The number of anilines is 2. The van der Waals surface area contributed by atoms with Crippen LogP contribution < -0.4 is 10.6 Å². The summed E-state index contributed by atoms with van der Waals surface area (Å²) < 4.78 is 14.0. The van der Waals surface area contributed by atoms with Gasteiger partial charge in [0.15, 0.2) is 5.13 Å². The van der Waals surface area contributed by atoms with Gasteiger partial charge >= 0.3 is 0 Å². The van der Waals surface area contributed by atoms with Gasteiger partial charge in [0, 0.05) is 28.5 Å². The first-order valence-electron chi connectivity index (χ1n) is 7.94. The molecule has 27 heavy (non-hydrogen) atoms. The minimum Gasteiger partial charge on any atom is -0.326 e. The molecule has 0 aliphatic heterocycles. The van der Waals surface area contributed by atoms with Crippen LogP contribution in [0, 0.1) is 5.82 Å². The number of rotatable bonds is 5. The molecule has 0 radical (unpaired) electrons. The predicted molar refractivity (Wildman–Crippen MR) is 108 cm³/mol. The molecule has 1 heterocycles. The van der Waals surface area contributed by atoms with Crippen molar-refractivity contribution in [3.8, 4) is 11.3 Å². The van der Waals surface area contributed by atoms with Crippen LogP contribution in [0.5, 0.6) is 0 Å². The topological polar surface area (TPSA) is 71.1 Å². The SMILES string of the molecule is CSc1ccc(-c2csc(NC(=O)c3cc(NC(C)=O)ccc3F)n2)cc1. The molecule has 0 fully saturated rings. The van der Waals surface area contributed by atoms with Gasteiger partial charge in [0.05, 0.1) is 11.3 Å². The van der Waals surface area contributed by atoms with Crippen LogP contribution in [0.4, 0.5) is 15.2 Å². The molecule has 0 spiro atoms. The summed E-state index contributed by atoms with van der Waals surface area (Å²) >= 11 is 2.91. The standard InChI is InChI=1S/C19H16FN3O2S2/c1-11(24)21-13-5-8-16(20)15(9-13)18(25)23-19-22-17(10-27-19)12-3-6-14(26-2)7-4-12/h3-10H,1-2H3,(H,21,24)(H,22,23,25). The van der Waals surface area contributed by atoms with Crippen LogP contribution in [-0.2, 0) is 4.79 Å². The number of hydrogen-bond acceptors (Lipinski definition) is 5. The average Bonchev–Trinajstić information content (AvgIpc) is 3.11. The number of nitrogens with one attached hydrogen (secondary N) is 2. The Bertz CT molecular complexity index is 987. The lowest BCUT2D eigenvalue weighted by Gasteiger charge is -2.07. The fourth-order valence-electron chi connectivity index (χ4n) is 2.37. The number of benzene rings is 2. The summed E-state index contributed by atoms with van der Waals surface area (Å²) in [5.41, 5.74) is 1.85. The van der Waals surface area contributed by atoms with Crippen LogP contribution in [0.2, 0.25) is 0 Å². The van der Waals surface area contributed by atoms with E-state index in [1.54, 1.807) is 11.8 Å². The monoisotopic (exact) mass is 401 g/mol. The third kappa shape index (κ3) is 4.72. The van der Waals surface area contributed by atoms with Gasteiger partial charge in [-0.05, 0) is 36.6 Å². The number of thioether (sulfide) groups is 1. The summed E-state index contributed by atoms with van der Waals surface area (Å²) in [6, 6.07) is 11.8. The molecule has 2 aromatic carbocycles. The Balaban J connectivity index is 1.76. The Kier molecular flexibility index (Phi) is 5.88. The van der Waals surface area contributed by atoms with Crippen molar-refractivity contribution in [2.24, 2.45) is 0 Å². The van der Waals surface area contributed by atoms with Crippen molar-refractivity contribution < 1.29 is 14.0 Å². The zero-order valence-corrected chi connectivity index (χ0v) is 16.2. The van der Waals surface area contributed by atoms with E-state index in [0.717, 1.165) is 22.2 Å². The molecule has 3 aromatic rings. The molecular formula is C19H16FN3O2S2. The first kappa shape index (κ1) is 19.1. The summed E-state index contributed by atoms with van der Waals surface area (Å²) in [6.45, 7) is 1.34. The number of hydrogen-bond donors (Lipinski definition) is 2. The maximum atomic E-state index is 14.0. The molecule has 0 saturated carbocycles. The largest absolute Gasteiger partial charge is 0.326 e. The highest BCUT2D eigenvalue weighted by Crippen LogP contribution is 2.27. The van der Waals surface area contributed by atoms with E-state index in [4.69, 9.17) is 0 Å². The minimum absolute atomic E-state index is 0.165. The lowest BCUT2D eigenvalue weighted by atomic mass is 10.1. The number of carbonyl (C=O) groups excluding carboxylic acids is 2. The summed E-state index contributed by atoms with van der Waals surface area (Å²) in [5.74, 6) is -1.60. The number of carbonyl (C=O) groups is 2. The zero-order chi connectivity index (χ0) is 19.4. The van der Waals surface area contributed by atoms with E-state index < -0.39 is 11.7 Å².